The molecule has 0 spiro atoms. The number of benzene rings is 1. The third-order valence-electron chi connectivity index (χ3n) is 4.83. The summed E-state index contributed by atoms with van der Waals surface area (Å²) >= 11 is 0. The Balaban J connectivity index is 1.84. The average molecular weight is 421 g/mol. The van der Waals surface area contributed by atoms with Gasteiger partial charge in [0.1, 0.15) is 16.9 Å². The van der Waals surface area contributed by atoms with E-state index in [0.717, 1.165) is 18.4 Å². The lowest BCUT2D eigenvalue weighted by Gasteiger charge is -2.32. The first-order valence-corrected chi connectivity index (χ1v) is 10.3. The Morgan fingerprint density at radius 1 is 1.20 bits per heavy atom. The molecule has 0 unspecified atom stereocenters. The van der Waals surface area contributed by atoms with E-state index in [1.165, 1.54) is 6.07 Å². The molecule has 1 aromatic carbocycles. The highest BCUT2D eigenvalue weighted by atomic mass is 16.6. The van der Waals surface area contributed by atoms with E-state index >= 15 is 0 Å². The number of carboxylic acid groups (broad SMARTS) is 1. The van der Waals surface area contributed by atoms with Crippen LogP contribution in [0.3, 0.4) is 0 Å². The molecule has 1 aliphatic rings. The zero-order chi connectivity index (χ0) is 22.3. The molecule has 0 aromatic heterocycles. The van der Waals surface area contributed by atoms with Crippen molar-refractivity contribution in [2.24, 2.45) is 5.92 Å². The van der Waals surface area contributed by atoms with Crippen molar-refractivity contribution in [3.63, 3.8) is 0 Å². The summed E-state index contributed by atoms with van der Waals surface area (Å²) in [4.78, 5) is 37.5. The lowest BCUT2D eigenvalue weighted by atomic mass is 9.96. The second kappa shape index (κ2) is 10.3. The highest BCUT2D eigenvalue weighted by molar-refractivity contribution is 5.91. The summed E-state index contributed by atoms with van der Waals surface area (Å²) in [6.45, 7) is 9.39. The Bertz CT molecular complexity index is 763. The molecule has 0 atom stereocenters. The fraction of sp³-hybridized carbons (Fsp3) is 0.591. The Kier molecular flexibility index (Phi) is 8.08. The number of hydrogen-bond acceptors (Lipinski definition) is 5. The maximum Gasteiger partial charge on any atom is 0.407 e. The molecule has 1 saturated heterocycles. The van der Waals surface area contributed by atoms with Crippen LogP contribution in [0.2, 0.25) is 0 Å². The molecule has 2 rings (SSSR count). The number of carbonyl (C=O) groups excluding carboxylic acids is 2. The number of likely N-dealkylation sites (tertiary alicyclic amines) is 1. The topological polar surface area (TPSA) is 105 Å². The van der Waals surface area contributed by atoms with Crippen LogP contribution in [-0.4, -0.2) is 59.8 Å². The van der Waals surface area contributed by atoms with Gasteiger partial charge in [-0.1, -0.05) is 6.07 Å². The van der Waals surface area contributed by atoms with Gasteiger partial charge in [0.05, 0.1) is 13.0 Å². The molecule has 1 heterocycles. The van der Waals surface area contributed by atoms with E-state index in [4.69, 9.17) is 9.47 Å². The predicted octanol–water partition coefficient (Wildman–Crippen LogP) is 3.09. The average Bonchev–Trinajstić information content (AvgIpc) is 2.65. The van der Waals surface area contributed by atoms with Gasteiger partial charge in [-0.3, -0.25) is 4.79 Å². The first-order valence-electron chi connectivity index (χ1n) is 10.3. The summed E-state index contributed by atoms with van der Waals surface area (Å²) in [5, 5.41) is 12.0. The number of piperidine rings is 1. The monoisotopic (exact) mass is 420 g/mol. The van der Waals surface area contributed by atoms with Crippen molar-refractivity contribution in [3.8, 4) is 5.75 Å². The number of rotatable bonds is 7. The van der Waals surface area contributed by atoms with Crippen LogP contribution >= 0.6 is 0 Å². The summed E-state index contributed by atoms with van der Waals surface area (Å²) in [5.74, 6) is -0.472. The molecule has 166 valence electrons. The van der Waals surface area contributed by atoms with E-state index in [2.05, 4.69) is 5.32 Å². The van der Waals surface area contributed by atoms with Crippen molar-refractivity contribution < 1.29 is 29.0 Å². The van der Waals surface area contributed by atoms with Crippen LogP contribution in [0.25, 0.3) is 0 Å². The normalized spacial score (nSPS) is 14.9. The van der Waals surface area contributed by atoms with Gasteiger partial charge in [0.2, 0.25) is 5.91 Å². The van der Waals surface area contributed by atoms with Crippen molar-refractivity contribution in [1.82, 2.24) is 10.2 Å². The van der Waals surface area contributed by atoms with Crippen LogP contribution in [0.1, 0.15) is 56.5 Å². The highest BCUT2D eigenvalue weighted by Gasteiger charge is 2.24. The number of carboxylic acids is 1. The molecule has 2 N–H and O–H groups in total. The molecule has 0 aliphatic carbocycles. The van der Waals surface area contributed by atoms with Gasteiger partial charge in [-0.15, -0.1) is 0 Å². The van der Waals surface area contributed by atoms with Gasteiger partial charge in [-0.05, 0) is 64.2 Å². The molecule has 8 heteroatoms. The third kappa shape index (κ3) is 7.24. The minimum atomic E-state index is -1.06. The van der Waals surface area contributed by atoms with E-state index in [1.54, 1.807) is 19.1 Å². The molecule has 1 aliphatic heterocycles. The SMILES string of the molecule is CCOc1cc(CC(=O)N2CCC(CNC(=O)OC(C)(C)C)CC2)ccc1C(=O)O. The molecule has 0 radical (unpaired) electrons. The smallest absolute Gasteiger partial charge is 0.407 e. The number of nitrogens with one attached hydrogen (secondary N) is 1. The lowest BCUT2D eigenvalue weighted by molar-refractivity contribution is -0.131. The van der Waals surface area contributed by atoms with Crippen LogP contribution in [-0.2, 0) is 16.0 Å². The standard InChI is InChI=1S/C22H32N2O6/c1-5-29-18-12-16(6-7-17(18)20(26)27)13-19(25)24-10-8-15(9-11-24)14-23-21(28)30-22(2,3)4/h6-7,12,15H,5,8-11,13-14H2,1-4H3,(H,23,28)(H,26,27). The Hall–Kier alpha value is -2.77. The van der Waals surface area contributed by atoms with Gasteiger partial charge < -0.3 is 24.8 Å². The lowest BCUT2D eigenvalue weighted by Crippen LogP contribution is -2.42. The van der Waals surface area contributed by atoms with Crippen molar-refractivity contribution in [3.05, 3.63) is 29.3 Å². The molecule has 0 bridgehead atoms. The minimum Gasteiger partial charge on any atom is -0.493 e. The minimum absolute atomic E-state index is 0.000857. The van der Waals surface area contributed by atoms with Crippen LogP contribution in [0, 0.1) is 5.92 Å². The Morgan fingerprint density at radius 2 is 1.87 bits per heavy atom. The highest BCUT2D eigenvalue weighted by Crippen LogP contribution is 2.23. The number of amides is 2. The number of carbonyl (C=O) groups is 3. The van der Waals surface area contributed by atoms with E-state index in [9.17, 15) is 19.5 Å². The van der Waals surface area contributed by atoms with E-state index in [-0.39, 0.29) is 23.6 Å². The van der Waals surface area contributed by atoms with Gasteiger partial charge >= 0.3 is 12.1 Å². The number of hydrogen-bond donors (Lipinski definition) is 2. The second-order valence-electron chi connectivity index (χ2n) is 8.45. The van der Waals surface area contributed by atoms with E-state index < -0.39 is 17.7 Å². The largest absolute Gasteiger partial charge is 0.493 e. The van der Waals surface area contributed by atoms with Crippen LogP contribution in [0.5, 0.6) is 5.75 Å². The summed E-state index contributed by atoms with van der Waals surface area (Å²) in [7, 11) is 0. The van der Waals surface area contributed by atoms with Crippen LogP contribution in [0.4, 0.5) is 4.79 Å². The quantitative estimate of drug-likeness (QED) is 0.702. The van der Waals surface area contributed by atoms with E-state index in [1.807, 2.05) is 25.7 Å². The van der Waals surface area contributed by atoms with E-state index in [0.29, 0.717) is 32.2 Å². The second-order valence-corrected chi connectivity index (χ2v) is 8.45. The maximum atomic E-state index is 12.7. The predicted molar refractivity (Wildman–Crippen MR) is 112 cm³/mol. The molecule has 2 amide bonds. The fourth-order valence-electron chi connectivity index (χ4n) is 3.34. The van der Waals surface area contributed by atoms with Crippen molar-refractivity contribution in [1.29, 1.82) is 0 Å². The number of nitrogens with zero attached hydrogens (tertiary/aromatic N) is 1. The van der Waals surface area contributed by atoms with Gasteiger partial charge in [0.25, 0.3) is 0 Å². The molecule has 1 aromatic rings. The van der Waals surface area contributed by atoms with Gasteiger partial charge in [-0.2, -0.15) is 0 Å². The molecular formula is C22H32N2O6. The van der Waals surface area contributed by atoms with Gasteiger partial charge in [0.15, 0.2) is 0 Å². The summed E-state index contributed by atoms with van der Waals surface area (Å²) < 4.78 is 10.6. The summed E-state index contributed by atoms with van der Waals surface area (Å²) in [6.07, 6.45) is 1.39. The Labute approximate surface area is 177 Å². The van der Waals surface area contributed by atoms with Crippen molar-refractivity contribution >= 4 is 18.0 Å². The molecule has 0 saturated carbocycles. The third-order valence-corrected chi connectivity index (χ3v) is 4.83. The number of aromatic carboxylic acids is 1. The maximum absolute atomic E-state index is 12.7. The molecule has 1 fully saturated rings. The number of alkyl carbamates (subject to hydrolysis) is 1. The first kappa shape index (κ1) is 23.5. The summed E-state index contributed by atoms with van der Waals surface area (Å²) in [6, 6.07) is 4.76. The first-order chi connectivity index (χ1) is 14.1. The Morgan fingerprint density at radius 3 is 2.43 bits per heavy atom. The fourth-order valence-corrected chi connectivity index (χ4v) is 3.34. The zero-order valence-corrected chi connectivity index (χ0v) is 18.2. The van der Waals surface area contributed by atoms with Crippen LogP contribution in [0.15, 0.2) is 18.2 Å². The van der Waals surface area contributed by atoms with Gasteiger partial charge in [0, 0.05) is 19.6 Å². The van der Waals surface area contributed by atoms with Gasteiger partial charge in [-0.25, -0.2) is 9.59 Å². The van der Waals surface area contributed by atoms with Crippen LogP contribution < -0.4 is 10.1 Å². The summed E-state index contributed by atoms with van der Waals surface area (Å²) in [5.41, 5.74) is 0.290. The molecule has 8 nitrogen and oxygen atoms in total. The number of ether oxygens (including phenoxy) is 2. The van der Waals surface area contributed by atoms with Crippen molar-refractivity contribution in [2.45, 2.75) is 52.6 Å². The molecule has 30 heavy (non-hydrogen) atoms. The zero-order valence-electron chi connectivity index (χ0n) is 18.2. The molecular weight excluding hydrogens is 388 g/mol. The van der Waals surface area contributed by atoms with Crippen molar-refractivity contribution in [2.75, 3.05) is 26.2 Å².